The van der Waals surface area contributed by atoms with E-state index in [0.717, 1.165) is 12.0 Å². The summed E-state index contributed by atoms with van der Waals surface area (Å²) < 4.78 is 4.54. The number of halogens is 1. The van der Waals surface area contributed by atoms with Gasteiger partial charge in [0.15, 0.2) is 0 Å². The van der Waals surface area contributed by atoms with Crippen LogP contribution in [0.5, 0.6) is 0 Å². The topological polar surface area (TPSA) is 26.3 Å². The van der Waals surface area contributed by atoms with Gasteiger partial charge in [-0.3, -0.25) is 4.79 Å². The van der Waals surface area contributed by atoms with Gasteiger partial charge >= 0.3 is 5.97 Å². The molecule has 0 N–H and O–H groups in total. The van der Waals surface area contributed by atoms with Crippen molar-refractivity contribution in [3.05, 3.63) is 21.9 Å². The lowest BCUT2D eigenvalue weighted by Crippen LogP contribution is -2.00. The van der Waals surface area contributed by atoms with Gasteiger partial charge in [-0.15, -0.1) is 22.9 Å². The first-order chi connectivity index (χ1) is 6.26. The normalized spacial score (nSPS) is 10.0. The lowest BCUT2D eigenvalue weighted by atomic mass is 10.2. The molecule has 13 heavy (non-hydrogen) atoms. The summed E-state index contributed by atoms with van der Waals surface area (Å²) in [4.78, 5) is 12.0. The Morgan fingerprint density at radius 1 is 1.69 bits per heavy atom. The van der Waals surface area contributed by atoms with E-state index in [1.54, 1.807) is 11.3 Å². The fourth-order valence-corrected chi connectivity index (χ4v) is 2.09. The van der Waals surface area contributed by atoms with Gasteiger partial charge in [0.1, 0.15) is 0 Å². The largest absolute Gasteiger partial charge is 0.469 e. The highest BCUT2D eigenvalue weighted by molar-refractivity contribution is 7.10. The molecule has 0 aromatic carbocycles. The molecule has 2 nitrogen and oxygen atoms in total. The van der Waals surface area contributed by atoms with E-state index in [1.165, 1.54) is 12.0 Å². The molecule has 0 aliphatic rings. The number of hydrogen-bond donors (Lipinski definition) is 0. The highest BCUT2D eigenvalue weighted by atomic mass is 35.5. The van der Waals surface area contributed by atoms with Crippen molar-refractivity contribution < 1.29 is 9.53 Å². The van der Waals surface area contributed by atoms with Crippen LogP contribution in [0.3, 0.4) is 0 Å². The Bertz CT molecular complexity index is 283. The predicted octanol–water partition coefficient (Wildman–Crippen LogP) is 2.59. The number of esters is 1. The summed E-state index contributed by atoms with van der Waals surface area (Å²) in [6.07, 6.45) is 1.19. The van der Waals surface area contributed by atoms with Crippen molar-refractivity contribution in [2.75, 3.05) is 7.11 Å². The molecular weight excluding hydrogens is 208 g/mol. The van der Waals surface area contributed by atoms with Crippen molar-refractivity contribution in [3.8, 4) is 0 Å². The molecule has 4 heteroatoms. The van der Waals surface area contributed by atoms with Crippen molar-refractivity contribution >= 4 is 28.9 Å². The standard InChI is InChI=1S/C9H11ClO2S/c1-12-9(11)3-2-8-4-7(5-10)6-13-8/h4,6H,2-3,5H2,1H3. The maximum absolute atomic E-state index is 10.8. The molecule has 0 saturated carbocycles. The molecule has 0 saturated heterocycles. The highest BCUT2D eigenvalue weighted by Gasteiger charge is 2.03. The number of ether oxygens (including phenoxy) is 1. The van der Waals surface area contributed by atoms with Gasteiger partial charge in [0.25, 0.3) is 0 Å². The van der Waals surface area contributed by atoms with Crippen molar-refractivity contribution in [1.82, 2.24) is 0 Å². The molecule has 72 valence electrons. The first-order valence-electron chi connectivity index (χ1n) is 3.95. The van der Waals surface area contributed by atoms with Crippen LogP contribution in [-0.4, -0.2) is 13.1 Å². The molecule has 1 heterocycles. The lowest BCUT2D eigenvalue weighted by Gasteiger charge is -1.95. The zero-order chi connectivity index (χ0) is 9.68. The molecule has 0 radical (unpaired) electrons. The number of aryl methyl sites for hydroxylation is 1. The van der Waals surface area contributed by atoms with Crippen molar-refractivity contribution in [1.29, 1.82) is 0 Å². The average molecular weight is 219 g/mol. The lowest BCUT2D eigenvalue weighted by molar-refractivity contribution is -0.140. The summed E-state index contributed by atoms with van der Waals surface area (Å²) >= 11 is 7.28. The number of alkyl halides is 1. The minimum atomic E-state index is -0.166. The summed E-state index contributed by atoms with van der Waals surface area (Å²) in [6.45, 7) is 0. The second-order valence-electron chi connectivity index (χ2n) is 2.63. The smallest absolute Gasteiger partial charge is 0.305 e. The van der Waals surface area contributed by atoms with Crippen LogP contribution in [0.15, 0.2) is 11.4 Å². The number of thiophene rings is 1. The minimum Gasteiger partial charge on any atom is -0.469 e. The maximum Gasteiger partial charge on any atom is 0.305 e. The van der Waals surface area contributed by atoms with Crippen LogP contribution >= 0.6 is 22.9 Å². The Hall–Kier alpha value is -0.540. The molecule has 0 spiro atoms. The number of hydrogen-bond acceptors (Lipinski definition) is 3. The van der Waals surface area contributed by atoms with Crippen molar-refractivity contribution in [2.24, 2.45) is 0 Å². The van der Waals surface area contributed by atoms with E-state index in [4.69, 9.17) is 11.6 Å². The molecule has 1 aromatic heterocycles. The van der Waals surface area contributed by atoms with Crippen molar-refractivity contribution in [2.45, 2.75) is 18.7 Å². The fraction of sp³-hybridized carbons (Fsp3) is 0.444. The van der Waals surface area contributed by atoms with E-state index >= 15 is 0 Å². The van der Waals surface area contributed by atoms with Gasteiger partial charge in [-0.25, -0.2) is 0 Å². The maximum atomic E-state index is 10.8. The molecule has 0 aliphatic carbocycles. The third-order valence-corrected chi connectivity index (χ3v) is 3.02. The Morgan fingerprint density at radius 2 is 2.46 bits per heavy atom. The van der Waals surface area contributed by atoms with Crippen LogP contribution in [0.4, 0.5) is 0 Å². The van der Waals surface area contributed by atoms with Gasteiger partial charge in [-0.1, -0.05) is 0 Å². The second-order valence-corrected chi connectivity index (χ2v) is 3.89. The van der Waals surface area contributed by atoms with E-state index in [9.17, 15) is 4.79 Å². The van der Waals surface area contributed by atoms with Gasteiger partial charge in [-0.05, 0) is 23.4 Å². The van der Waals surface area contributed by atoms with Gasteiger partial charge in [-0.2, -0.15) is 0 Å². The summed E-state index contributed by atoms with van der Waals surface area (Å²) in [6, 6.07) is 2.03. The van der Waals surface area contributed by atoms with Crippen molar-refractivity contribution in [3.63, 3.8) is 0 Å². The van der Waals surface area contributed by atoms with Crippen LogP contribution in [0, 0.1) is 0 Å². The Labute approximate surface area is 86.5 Å². The molecule has 0 unspecified atom stereocenters. The van der Waals surface area contributed by atoms with Gasteiger partial charge < -0.3 is 4.74 Å². The molecule has 0 atom stereocenters. The monoisotopic (exact) mass is 218 g/mol. The molecule has 1 rings (SSSR count). The number of carbonyl (C=O) groups excluding carboxylic acids is 1. The Morgan fingerprint density at radius 3 is 3.00 bits per heavy atom. The number of methoxy groups -OCH3 is 1. The minimum absolute atomic E-state index is 0.166. The first kappa shape index (κ1) is 10.5. The summed E-state index contributed by atoms with van der Waals surface area (Å²) in [5.41, 5.74) is 1.12. The molecule has 0 bridgehead atoms. The van der Waals surface area contributed by atoms with Crippen LogP contribution in [0.25, 0.3) is 0 Å². The van der Waals surface area contributed by atoms with E-state index in [1.807, 2.05) is 11.4 Å². The summed E-state index contributed by atoms with van der Waals surface area (Å²) in [5, 5.41) is 2.01. The molecule has 0 aliphatic heterocycles. The van der Waals surface area contributed by atoms with E-state index in [2.05, 4.69) is 4.74 Å². The van der Waals surface area contributed by atoms with Crippen LogP contribution in [-0.2, 0) is 21.8 Å². The van der Waals surface area contributed by atoms with Crippen LogP contribution < -0.4 is 0 Å². The Kier molecular flexibility index (Phi) is 4.25. The highest BCUT2D eigenvalue weighted by Crippen LogP contribution is 2.17. The third-order valence-electron chi connectivity index (χ3n) is 1.67. The fourth-order valence-electron chi connectivity index (χ4n) is 0.955. The van der Waals surface area contributed by atoms with Crippen LogP contribution in [0.1, 0.15) is 16.9 Å². The zero-order valence-electron chi connectivity index (χ0n) is 7.38. The quantitative estimate of drug-likeness (QED) is 0.574. The van der Waals surface area contributed by atoms with Crippen LogP contribution in [0.2, 0.25) is 0 Å². The second kappa shape index (κ2) is 5.25. The first-order valence-corrected chi connectivity index (χ1v) is 5.36. The molecule has 1 aromatic rings. The molecular formula is C9H11ClO2S. The van der Waals surface area contributed by atoms with Gasteiger partial charge in [0.2, 0.25) is 0 Å². The zero-order valence-corrected chi connectivity index (χ0v) is 8.95. The SMILES string of the molecule is COC(=O)CCc1cc(CCl)cs1. The molecule has 0 fully saturated rings. The van der Waals surface area contributed by atoms with E-state index in [0.29, 0.717) is 12.3 Å². The van der Waals surface area contributed by atoms with Gasteiger partial charge in [0, 0.05) is 10.8 Å². The number of carbonyl (C=O) groups is 1. The van der Waals surface area contributed by atoms with E-state index in [-0.39, 0.29) is 5.97 Å². The Balaban J connectivity index is 2.41. The van der Waals surface area contributed by atoms with Gasteiger partial charge in [0.05, 0.1) is 13.5 Å². The predicted molar refractivity (Wildman–Crippen MR) is 54.2 cm³/mol. The summed E-state index contributed by atoms with van der Waals surface area (Å²) in [7, 11) is 1.40. The molecule has 0 amide bonds. The third kappa shape index (κ3) is 3.36. The van der Waals surface area contributed by atoms with E-state index < -0.39 is 0 Å². The number of rotatable bonds is 4. The summed E-state index contributed by atoms with van der Waals surface area (Å²) in [5.74, 6) is 0.371. The average Bonchev–Trinajstić information content (AvgIpc) is 2.61.